The molecule has 0 bridgehead atoms. The molecular weight excluding hydrogens is 342 g/mol. The number of azide groups is 1. The topological polar surface area (TPSA) is 126 Å². The Morgan fingerprint density at radius 2 is 2.04 bits per heavy atom. The van der Waals surface area contributed by atoms with Crippen LogP contribution in [0.5, 0.6) is 0 Å². The van der Waals surface area contributed by atoms with E-state index in [-0.39, 0.29) is 6.61 Å². The molecule has 0 aromatic heterocycles. The molecule has 0 unspecified atom stereocenters. The van der Waals surface area contributed by atoms with E-state index in [9.17, 15) is 10.2 Å². The second kappa shape index (κ2) is 7.89. The van der Waals surface area contributed by atoms with Gasteiger partial charge in [-0.25, -0.2) is 0 Å². The molecule has 9 nitrogen and oxygen atoms in total. The summed E-state index contributed by atoms with van der Waals surface area (Å²) in [5.41, 5.74) is 9.78. The minimum Gasteiger partial charge on any atom is -0.394 e. The maximum absolute atomic E-state index is 10.0. The molecular formula is C17H23N3O6. The van der Waals surface area contributed by atoms with Gasteiger partial charge < -0.3 is 29.2 Å². The highest BCUT2D eigenvalue weighted by molar-refractivity contribution is 5.13. The van der Waals surface area contributed by atoms with Crippen molar-refractivity contribution in [3.63, 3.8) is 0 Å². The van der Waals surface area contributed by atoms with Gasteiger partial charge in [-0.05, 0) is 24.9 Å². The summed E-state index contributed by atoms with van der Waals surface area (Å²) in [6.45, 7) is 3.25. The summed E-state index contributed by atoms with van der Waals surface area (Å²) >= 11 is 0. The van der Waals surface area contributed by atoms with Crippen molar-refractivity contribution >= 4 is 0 Å². The van der Waals surface area contributed by atoms with Crippen molar-refractivity contribution in [3.05, 3.63) is 46.3 Å². The molecule has 1 aromatic rings. The summed E-state index contributed by atoms with van der Waals surface area (Å²) in [7, 11) is 0. The molecule has 0 spiro atoms. The molecule has 3 rings (SSSR count). The first-order valence-corrected chi connectivity index (χ1v) is 8.45. The van der Waals surface area contributed by atoms with Gasteiger partial charge in [0, 0.05) is 4.91 Å². The molecule has 1 aromatic carbocycles. The lowest BCUT2D eigenvalue weighted by Crippen LogP contribution is -2.47. The van der Waals surface area contributed by atoms with Crippen LogP contribution in [0.15, 0.2) is 35.4 Å². The molecule has 0 saturated carbocycles. The van der Waals surface area contributed by atoms with E-state index in [0.717, 1.165) is 5.56 Å². The summed E-state index contributed by atoms with van der Waals surface area (Å²) < 4.78 is 23.5. The predicted octanol–water partition coefficient (Wildman–Crippen LogP) is 1.48. The van der Waals surface area contributed by atoms with Crippen LogP contribution in [-0.2, 0) is 25.6 Å². The zero-order valence-corrected chi connectivity index (χ0v) is 14.6. The summed E-state index contributed by atoms with van der Waals surface area (Å²) in [6, 6.07) is 8.53. The Kier molecular flexibility index (Phi) is 5.79. The predicted molar refractivity (Wildman–Crippen MR) is 89.7 cm³/mol. The first kappa shape index (κ1) is 19.1. The summed E-state index contributed by atoms with van der Waals surface area (Å²) in [5, 5.41) is 22.9. The molecule has 142 valence electrons. The maximum atomic E-state index is 10.0. The van der Waals surface area contributed by atoms with Crippen LogP contribution >= 0.6 is 0 Å². The summed E-state index contributed by atoms with van der Waals surface area (Å²) in [6.07, 6.45) is -3.99. The standard InChI is InChI=1S/C17H23N3O6/c1-17(2)25-15-14(23-9-10-6-4-3-5-7-10)13(24-16(15)26-17)12(19-20-18)11(22)8-21/h3-7,11-16,21-22H,8-9H2,1-2H3/t11-,12-,13-,14+,15-,16-/m1/s1. The van der Waals surface area contributed by atoms with Crippen LogP contribution in [0, 0.1) is 0 Å². The van der Waals surface area contributed by atoms with Gasteiger partial charge in [-0.15, -0.1) is 0 Å². The number of ether oxygens (including phenoxy) is 4. The fraction of sp³-hybridized carbons (Fsp3) is 0.647. The van der Waals surface area contributed by atoms with Crippen LogP contribution in [-0.4, -0.2) is 59.4 Å². The Morgan fingerprint density at radius 3 is 2.69 bits per heavy atom. The van der Waals surface area contributed by atoms with E-state index in [1.807, 2.05) is 30.3 Å². The highest BCUT2D eigenvalue weighted by Crippen LogP contribution is 2.40. The van der Waals surface area contributed by atoms with Crippen LogP contribution < -0.4 is 0 Å². The third kappa shape index (κ3) is 3.99. The van der Waals surface area contributed by atoms with Crippen molar-refractivity contribution < 1.29 is 29.2 Å². The Balaban J connectivity index is 1.81. The van der Waals surface area contributed by atoms with E-state index in [1.54, 1.807) is 13.8 Å². The Morgan fingerprint density at radius 1 is 1.31 bits per heavy atom. The number of aliphatic hydroxyl groups is 2. The molecule has 6 atom stereocenters. The van der Waals surface area contributed by atoms with Gasteiger partial charge in [-0.3, -0.25) is 0 Å². The molecule has 2 fully saturated rings. The Hall–Kier alpha value is -1.71. The van der Waals surface area contributed by atoms with E-state index in [2.05, 4.69) is 10.0 Å². The molecule has 2 N–H and O–H groups in total. The van der Waals surface area contributed by atoms with Crippen LogP contribution in [0.4, 0.5) is 0 Å². The van der Waals surface area contributed by atoms with Crippen molar-refractivity contribution in [1.82, 2.24) is 0 Å². The van der Waals surface area contributed by atoms with E-state index in [1.165, 1.54) is 0 Å². The molecule has 9 heteroatoms. The van der Waals surface area contributed by atoms with Gasteiger partial charge in [-0.2, -0.15) is 0 Å². The van der Waals surface area contributed by atoms with Gasteiger partial charge >= 0.3 is 0 Å². The minimum atomic E-state index is -1.29. The summed E-state index contributed by atoms with van der Waals surface area (Å²) in [4.78, 5) is 2.76. The normalized spacial score (nSPS) is 31.8. The highest BCUT2D eigenvalue weighted by atomic mass is 16.8. The van der Waals surface area contributed by atoms with Crippen LogP contribution in [0.1, 0.15) is 19.4 Å². The number of benzene rings is 1. The Bertz CT molecular complexity index is 651. The van der Waals surface area contributed by atoms with E-state index in [0.29, 0.717) is 0 Å². The van der Waals surface area contributed by atoms with E-state index in [4.69, 9.17) is 24.5 Å². The minimum absolute atomic E-state index is 0.288. The molecule has 2 heterocycles. The highest BCUT2D eigenvalue weighted by Gasteiger charge is 2.57. The first-order chi connectivity index (χ1) is 12.4. The van der Waals surface area contributed by atoms with Gasteiger partial charge in [0.15, 0.2) is 12.1 Å². The van der Waals surface area contributed by atoms with Crippen LogP contribution in [0.3, 0.4) is 0 Å². The third-order valence-corrected chi connectivity index (χ3v) is 4.42. The third-order valence-electron chi connectivity index (χ3n) is 4.42. The van der Waals surface area contributed by atoms with E-state index < -0.39 is 49.1 Å². The Labute approximate surface area is 151 Å². The van der Waals surface area contributed by atoms with Crippen molar-refractivity contribution in [2.45, 2.75) is 63.0 Å². The second-order valence-corrected chi connectivity index (χ2v) is 6.78. The molecule has 26 heavy (non-hydrogen) atoms. The van der Waals surface area contributed by atoms with Crippen molar-refractivity contribution in [3.8, 4) is 0 Å². The molecule has 2 saturated heterocycles. The molecule has 0 radical (unpaired) electrons. The fourth-order valence-corrected chi connectivity index (χ4v) is 3.26. The van der Waals surface area contributed by atoms with Crippen molar-refractivity contribution in [2.75, 3.05) is 6.61 Å². The SMILES string of the molecule is CC1(C)O[C@H]2O[C@H]([C@H](N=[N+]=[N-])[C@H](O)CO)[C@H](OCc3ccccc3)[C@H]2O1. The lowest BCUT2D eigenvalue weighted by molar-refractivity contribution is -0.224. The lowest BCUT2D eigenvalue weighted by Gasteiger charge is -2.30. The number of aliphatic hydroxyl groups excluding tert-OH is 2. The average molecular weight is 365 g/mol. The van der Waals surface area contributed by atoms with Gasteiger partial charge in [0.1, 0.15) is 18.3 Å². The molecule has 2 aliphatic rings. The number of rotatable bonds is 7. The number of hydrogen-bond acceptors (Lipinski definition) is 7. The largest absolute Gasteiger partial charge is 0.394 e. The van der Waals surface area contributed by atoms with Crippen LogP contribution in [0.2, 0.25) is 0 Å². The van der Waals surface area contributed by atoms with Gasteiger partial charge in [0.25, 0.3) is 0 Å². The van der Waals surface area contributed by atoms with Crippen molar-refractivity contribution in [2.24, 2.45) is 5.11 Å². The molecule has 0 aliphatic carbocycles. The zero-order chi connectivity index (χ0) is 18.7. The lowest BCUT2D eigenvalue weighted by atomic mass is 9.99. The fourth-order valence-electron chi connectivity index (χ4n) is 3.26. The van der Waals surface area contributed by atoms with Gasteiger partial charge in [-0.1, -0.05) is 35.4 Å². The number of nitrogens with zero attached hydrogens (tertiary/aromatic N) is 3. The first-order valence-electron chi connectivity index (χ1n) is 8.45. The second-order valence-electron chi connectivity index (χ2n) is 6.78. The monoisotopic (exact) mass is 365 g/mol. The average Bonchev–Trinajstić information content (AvgIpc) is 3.09. The number of hydrogen-bond donors (Lipinski definition) is 2. The molecule has 0 amide bonds. The summed E-state index contributed by atoms with van der Waals surface area (Å²) in [5.74, 6) is -0.835. The smallest absolute Gasteiger partial charge is 0.190 e. The number of fused-ring (bicyclic) bond motifs is 1. The van der Waals surface area contributed by atoms with Gasteiger partial charge in [0.05, 0.1) is 25.4 Å². The quantitative estimate of drug-likeness (QED) is 0.428. The maximum Gasteiger partial charge on any atom is 0.190 e. The molecule has 2 aliphatic heterocycles. The van der Waals surface area contributed by atoms with Crippen molar-refractivity contribution in [1.29, 1.82) is 0 Å². The van der Waals surface area contributed by atoms with Crippen LogP contribution in [0.25, 0.3) is 10.4 Å². The van der Waals surface area contributed by atoms with Gasteiger partial charge in [0.2, 0.25) is 0 Å². The van der Waals surface area contributed by atoms with E-state index >= 15 is 0 Å². The zero-order valence-electron chi connectivity index (χ0n) is 14.6.